The van der Waals surface area contributed by atoms with Gasteiger partial charge < -0.3 is 20.5 Å². The van der Waals surface area contributed by atoms with Gasteiger partial charge in [0.25, 0.3) is 0 Å². The maximum atomic E-state index is 4.90. The van der Waals surface area contributed by atoms with E-state index < -0.39 is 0 Å². The first-order valence-corrected chi connectivity index (χ1v) is 11.8. The van der Waals surface area contributed by atoms with Crippen LogP contribution in [-0.2, 0) is 19.4 Å². The van der Waals surface area contributed by atoms with Crippen molar-refractivity contribution in [3.8, 4) is 0 Å². The Morgan fingerprint density at radius 2 is 1.77 bits per heavy atom. The average Bonchev–Trinajstić information content (AvgIpc) is 3.21. The highest BCUT2D eigenvalue weighted by Crippen LogP contribution is 2.29. The monoisotopic (exact) mass is 418 g/mol. The summed E-state index contributed by atoms with van der Waals surface area (Å²) < 4.78 is 0. The summed E-state index contributed by atoms with van der Waals surface area (Å²) in [5.74, 6) is 1.92. The highest BCUT2D eigenvalue weighted by atomic mass is 15.2. The topological polar surface area (TPSA) is 68.9 Å². The number of aromatic amines is 1. The summed E-state index contributed by atoms with van der Waals surface area (Å²) in [7, 11) is 4.18. The Morgan fingerprint density at radius 3 is 2.61 bits per heavy atom. The highest BCUT2D eigenvalue weighted by molar-refractivity contribution is 5.82. The lowest BCUT2D eigenvalue weighted by Gasteiger charge is -2.30. The summed E-state index contributed by atoms with van der Waals surface area (Å²) in [4.78, 5) is 15.3. The molecule has 0 aliphatic heterocycles. The van der Waals surface area contributed by atoms with Crippen molar-refractivity contribution in [3.05, 3.63) is 47.3 Å². The quantitative estimate of drug-likeness (QED) is 0.553. The molecule has 1 fully saturated rings. The summed E-state index contributed by atoms with van der Waals surface area (Å²) in [5, 5.41) is 8.76. The SMILES string of the molecule is CN(C)c1nc(NC2CCC(NCc3c[nH]c4ccccc34)CC2)nc2c1CCCC2. The van der Waals surface area contributed by atoms with E-state index >= 15 is 0 Å². The number of aryl methyl sites for hydroxylation is 1. The van der Waals surface area contributed by atoms with Crippen LogP contribution in [0.5, 0.6) is 0 Å². The van der Waals surface area contributed by atoms with Crippen molar-refractivity contribution < 1.29 is 0 Å². The largest absolute Gasteiger partial charge is 0.362 e. The third kappa shape index (κ3) is 4.40. The predicted molar refractivity (Wildman–Crippen MR) is 128 cm³/mol. The molecule has 2 aliphatic carbocycles. The summed E-state index contributed by atoms with van der Waals surface area (Å²) in [5.41, 5.74) is 5.18. The lowest BCUT2D eigenvalue weighted by Crippen LogP contribution is -2.37. The van der Waals surface area contributed by atoms with Gasteiger partial charge in [0.2, 0.25) is 5.95 Å². The minimum atomic E-state index is 0.461. The molecule has 3 N–H and O–H groups in total. The van der Waals surface area contributed by atoms with Crippen molar-refractivity contribution in [1.82, 2.24) is 20.3 Å². The Balaban J connectivity index is 1.17. The zero-order chi connectivity index (χ0) is 21.2. The molecule has 2 heterocycles. The second-order valence-corrected chi connectivity index (χ2v) is 9.33. The number of nitrogens with one attached hydrogen (secondary N) is 3. The van der Waals surface area contributed by atoms with Gasteiger partial charge in [-0.3, -0.25) is 0 Å². The maximum Gasteiger partial charge on any atom is 0.225 e. The van der Waals surface area contributed by atoms with Gasteiger partial charge in [0.05, 0.1) is 5.69 Å². The molecule has 0 bridgehead atoms. The van der Waals surface area contributed by atoms with Gasteiger partial charge >= 0.3 is 0 Å². The summed E-state index contributed by atoms with van der Waals surface area (Å²) in [6.07, 6.45) is 11.5. The van der Waals surface area contributed by atoms with Gasteiger partial charge in [0.1, 0.15) is 5.82 Å². The van der Waals surface area contributed by atoms with Crippen LogP contribution in [0.4, 0.5) is 11.8 Å². The molecule has 6 nitrogen and oxygen atoms in total. The number of benzene rings is 1. The third-order valence-corrected chi connectivity index (χ3v) is 6.90. The van der Waals surface area contributed by atoms with E-state index in [9.17, 15) is 0 Å². The zero-order valence-electron chi connectivity index (χ0n) is 18.7. The van der Waals surface area contributed by atoms with E-state index in [0.29, 0.717) is 12.1 Å². The molecule has 0 radical (unpaired) electrons. The Morgan fingerprint density at radius 1 is 1.00 bits per heavy atom. The van der Waals surface area contributed by atoms with E-state index in [2.05, 4.69) is 65.1 Å². The van der Waals surface area contributed by atoms with Crippen molar-refractivity contribution in [2.75, 3.05) is 24.3 Å². The minimum absolute atomic E-state index is 0.461. The first kappa shape index (κ1) is 20.3. The number of aromatic nitrogens is 3. The number of fused-ring (bicyclic) bond motifs is 2. The number of rotatable bonds is 6. The van der Waals surface area contributed by atoms with Gasteiger partial charge in [-0.2, -0.15) is 4.98 Å². The van der Waals surface area contributed by atoms with Crippen LogP contribution in [0.15, 0.2) is 30.5 Å². The van der Waals surface area contributed by atoms with Crippen molar-refractivity contribution in [2.45, 2.75) is 70.0 Å². The van der Waals surface area contributed by atoms with Crippen molar-refractivity contribution in [1.29, 1.82) is 0 Å². The van der Waals surface area contributed by atoms with Crippen LogP contribution < -0.4 is 15.5 Å². The van der Waals surface area contributed by atoms with Crippen LogP contribution in [0.2, 0.25) is 0 Å². The van der Waals surface area contributed by atoms with Gasteiger partial charge in [-0.1, -0.05) is 18.2 Å². The molecule has 1 saturated carbocycles. The second kappa shape index (κ2) is 8.87. The van der Waals surface area contributed by atoms with Crippen molar-refractivity contribution in [2.24, 2.45) is 0 Å². The van der Waals surface area contributed by atoms with Crippen LogP contribution in [-0.4, -0.2) is 41.1 Å². The number of hydrogen-bond acceptors (Lipinski definition) is 5. The van der Waals surface area contributed by atoms with Crippen LogP contribution in [0.3, 0.4) is 0 Å². The Labute approximate surface area is 184 Å². The summed E-state index contributed by atoms with van der Waals surface area (Å²) in [6, 6.07) is 9.57. The molecule has 31 heavy (non-hydrogen) atoms. The molecular weight excluding hydrogens is 384 g/mol. The summed E-state index contributed by atoms with van der Waals surface area (Å²) >= 11 is 0. The van der Waals surface area contributed by atoms with E-state index in [-0.39, 0.29) is 0 Å². The van der Waals surface area contributed by atoms with Gasteiger partial charge in [-0.05, 0) is 63.0 Å². The fourth-order valence-corrected chi connectivity index (χ4v) is 5.17. The van der Waals surface area contributed by atoms with Gasteiger partial charge in [0.15, 0.2) is 0 Å². The molecule has 0 saturated heterocycles. The molecule has 6 heteroatoms. The van der Waals surface area contributed by atoms with Crippen LogP contribution in [0, 0.1) is 0 Å². The average molecular weight is 419 g/mol. The maximum absolute atomic E-state index is 4.90. The minimum Gasteiger partial charge on any atom is -0.362 e. The Bertz CT molecular complexity index is 1030. The van der Waals surface area contributed by atoms with E-state index in [1.165, 1.54) is 53.4 Å². The number of nitrogens with zero attached hydrogens (tertiary/aromatic N) is 3. The van der Waals surface area contributed by atoms with Crippen LogP contribution in [0.25, 0.3) is 10.9 Å². The van der Waals surface area contributed by atoms with Gasteiger partial charge in [-0.15, -0.1) is 0 Å². The van der Waals surface area contributed by atoms with E-state index in [1.54, 1.807) is 0 Å². The van der Waals surface area contributed by atoms with Crippen LogP contribution in [0.1, 0.15) is 55.3 Å². The lowest BCUT2D eigenvalue weighted by atomic mass is 9.91. The van der Waals surface area contributed by atoms with E-state index in [1.807, 2.05) is 0 Å². The van der Waals surface area contributed by atoms with Crippen molar-refractivity contribution in [3.63, 3.8) is 0 Å². The van der Waals surface area contributed by atoms with Gasteiger partial charge in [0, 0.05) is 55.4 Å². The Kier molecular flexibility index (Phi) is 5.81. The molecule has 0 unspecified atom stereocenters. The fourth-order valence-electron chi connectivity index (χ4n) is 5.17. The molecule has 0 spiro atoms. The molecule has 2 aliphatic rings. The molecule has 1 aromatic carbocycles. The molecular formula is C25H34N6. The molecule has 0 amide bonds. The number of anilines is 2. The van der Waals surface area contributed by atoms with Crippen molar-refractivity contribution >= 4 is 22.7 Å². The molecule has 164 valence electrons. The highest BCUT2D eigenvalue weighted by Gasteiger charge is 2.24. The first-order valence-electron chi connectivity index (χ1n) is 11.8. The smallest absolute Gasteiger partial charge is 0.225 e. The predicted octanol–water partition coefficient (Wildman–Crippen LogP) is 4.42. The zero-order valence-corrected chi connectivity index (χ0v) is 18.7. The number of para-hydroxylation sites is 1. The lowest BCUT2D eigenvalue weighted by molar-refractivity contribution is 0.352. The number of hydrogen-bond donors (Lipinski definition) is 3. The molecule has 5 rings (SSSR count). The van der Waals surface area contributed by atoms with E-state index in [4.69, 9.17) is 9.97 Å². The molecule has 0 atom stereocenters. The number of H-pyrrole nitrogens is 1. The molecule has 3 aromatic rings. The first-order chi connectivity index (χ1) is 15.2. The third-order valence-electron chi connectivity index (χ3n) is 6.90. The Hall–Kier alpha value is -2.60. The van der Waals surface area contributed by atoms with Gasteiger partial charge in [-0.25, -0.2) is 4.98 Å². The van der Waals surface area contributed by atoms with Crippen LogP contribution >= 0.6 is 0 Å². The normalized spacial score (nSPS) is 21.1. The standard InChI is InChI=1S/C25H34N6/c1-31(2)24-21-8-4-6-10-23(21)29-25(30-24)28-19-13-11-18(12-14-19)26-15-17-16-27-22-9-5-3-7-20(17)22/h3,5,7,9,16,18-19,26-27H,4,6,8,10-15H2,1-2H3,(H,28,29,30). The van der Waals surface area contributed by atoms with E-state index in [0.717, 1.165) is 44.0 Å². The fraction of sp³-hybridized carbons (Fsp3) is 0.520. The summed E-state index contributed by atoms with van der Waals surface area (Å²) in [6.45, 7) is 0.924. The molecule has 2 aromatic heterocycles. The second-order valence-electron chi connectivity index (χ2n) is 9.33.